The molecule has 0 spiro atoms. The molecule has 1 fully saturated rings. The van der Waals surface area contributed by atoms with Crippen molar-refractivity contribution in [2.24, 2.45) is 0 Å². The maximum absolute atomic E-state index is 5.78. The predicted octanol–water partition coefficient (Wildman–Crippen LogP) is -0.0537. The zero-order chi connectivity index (χ0) is 10.8. The van der Waals surface area contributed by atoms with Crippen LogP contribution in [0.15, 0.2) is 0 Å². The molecule has 1 rings (SSSR count). The summed E-state index contributed by atoms with van der Waals surface area (Å²) in [6, 6.07) is -0.468. The van der Waals surface area contributed by atoms with Crippen molar-refractivity contribution in [3.05, 3.63) is 0 Å². The van der Waals surface area contributed by atoms with Crippen LogP contribution in [0.4, 0.5) is 0 Å². The molecule has 0 aromatic rings. The van der Waals surface area contributed by atoms with Gasteiger partial charge >= 0.3 is 0 Å². The van der Waals surface area contributed by atoms with E-state index in [0.717, 1.165) is 0 Å². The highest BCUT2D eigenvalue weighted by Gasteiger charge is 2.51. The molecule has 4 nitrogen and oxygen atoms in total. The van der Waals surface area contributed by atoms with Crippen LogP contribution in [-0.2, 0) is 18.9 Å². The lowest BCUT2D eigenvalue weighted by Gasteiger charge is -2.29. The fraction of sp³-hybridized carbons (Fsp3) is 1.00. The fourth-order valence-electron chi connectivity index (χ4n) is 2.01. The third-order valence-corrected chi connectivity index (χ3v) is 2.59. The lowest BCUT2D eigenvalue weighted by Crippen LogP contribution is -2.46. The molecule has 0 amide bonds. The Morgan fingerprint density at radius 1 is 1.29 bits per heavy atom. The molecule has 0 aliphatic carbocycles. The minimum atomic E-state index is -0.538. The standard InChI is InChI=1S/C9H17BO4/c1-9(5-11-2)7(13-4)6(12-3)8(10)14-9/h6-8H,5H2,1-4H3/t6-,7+,8-,9-/m0/s1. The van der Waals surface area contributed by atoms with Crippen LogP contribution in [-0.4, -0.2) is 59.6 Å². The maximum Gasteiger partial charge on any atom is 0.117 e. The topological polar surface area (TPSA) is 36.9 Å². The summed E-state index contributed by atoms with van der Waals surface area (Å²) in [5, 5.41) is 0. The highest BCUT2D eigenvalue weighted by molar-refractivity contribution is 6.11. The van der Waals surface area contributed by atoms with Crippen molar-refractivity contribution >= 4 is 7.85 Å². The van der Waals surface area contributed by atoms with Gasteiger partial charge in [0, 0.05) is 27.3 Å². The van der Waals surface area contributed by atoms with E-state index in [1.165, 1.54) is 0 Å². The summed E-state index contributed by atoms with van der Waals surface area (Å²) in [5.41, 5.74) is -0.538. The second-order valence-electron chi connectivity index (χ2n) is 3.68. The third-order valence-electron chi connectivity index (χ3n) is 2.59. The molecule has 2 radical (unpaired) electrons. The summed E-state index contributed by atoms with van der Waals surface area (Å²) in [6.45, 7) is 2.34. The molecule has 0 saturated carbocycles. The quantitative estimate of drug-likeness (QED) is 0.596. The Morgan fingerprint density at radius 3 is 2.36 bits per heavy atom. The zero-order valence-electron chi connectivity index (χ0n) is 9.15. The van der Waals surface area contributed by atoms with Crippen molar-refractivity contribution in [3.8, 4) is 0 Å². The summed E-state index contributed by atoms with van der Waals surface area (Å²) >= 11 is 0. The van der Waals surface area contributed by atoms with Gasteiger partial charge in [0.2, 0.25) is 0 Å². The smallest absolute Gasteiger partial charge is 0.117 e. The van der Waals surface area contributed by atoms with E-state index in [1.807, 2.05) is 6.92 Å². The number of hydrogen-bond acceptors (Lipinski definition) is 4. The number of ether oxygens (including phenoxy) is 4. The first-order valence-corrected chi connectivity index (χ1v) is 4.57. The molecule has 0 aromatic heterocycles. The first-order valence-electron chi connectivity index (χ1n) is 4.57. The van der Waals surface area contributed by atoms with Gasteiger partial charge in [-0.3, -0.25) is 0 Å². The molecule has 4 atom stereocenters. The summed E-state index contributed by atoms with van der Waals surface area (Å²) in [4.78, 5) is 0. The van der Waals surface area contributed by atoms with Crippen LogP contribution in [0.5, 0.6) is 0 Å². The van der Waals surface area contributed by atoms with Crippen molar-refractivity contribution in [3.63, 3.8) is 0 Å². The Kier molecular flexibility index (Phi) is 3.95. The van der Waals surface area contributed by atoms with E-state index in [2.05, 4.69) is 0 Å². The maximum atomic E-state index is 5.78. The minimum absolute atomic E-state index is 0.206. The van der Waals surface area contributed by atoms with Crippen LogP contribution in [0.3, 0.4) is 0 Å². The Bertz CT molecular complexity index is 190. The van der Waals surface area contributed by atoms with Crippen LogP contribution in [0.25, 0.3) is 0 Å². The molecule has 5 heteroatoms. The number of methoxy groups -OCH3 is 3. The molecule has 14 heavy (non-hydrogen) atoms. The van der Waals surface area contributed by atoms with E-state index >= 15 is 0 Å². The van der Waals surface area contributed by atoms with Gasteiger partial charge in [-0.1, -0.05) is 0 Å². The predicted molar refractivity (Wildman–Crippen MR) is 52.5 cm³/mol. The molecule has 1 saturated heterocycles. The lowest BCUT2D eigenvalue weighted by atomic mass is 9.90. The van der Waals surface area contributed by atoms with E-state index in [9.17, 15) is 0 Å². The third kappa shape index (κ3) is 1.96. The van der Waals surface area contributed by atoms with Gasteiger partial charge in [-0.05, 0) is 6.92 Å². The summed E-state index contributed by atoms with van der Waals surface area (Å²) in [5.74, 6) is 0. The van der Waals surface area contributed by atoms with Gasteiger partial charge in [0.25, 0.3) is 0 Å². The van der Waals surface area contributed by atoms with E-state index in [-0.39, 0.29) is 12.2 Å². The summed E-state index contributed by atoms with van der Waals surface area (Å²) in [7, 11) is 10.6. The van der Waals surface area contributed by atoms with Crippen molar-refractivity contribution in [2.75, 3.05) is 27.9 Å². The lowest BCUT2D eigenvalue weighted by molar-refractivity contribution is -0.109. The molecule has 80 valence electrons. The minimum Gasteiger partial charge on any atom is -0.382 e. The van der Waals surface area contributed by atoms with Crippen molar-refractivity contribution in [1.29, 1.82) is 0 Å². The van der Waals surface area contributed by atoms with Gasteiger partial charge in [-0.15, -0.1) is 0 Å². The molecule has 1 aliphatic rings. The Morgan fingerprint density at radius 2 is 1.93 bits per heavy atom. The number of rotatable bonds is 4. The Labute approximate surface area is 86.3 Å². The average Bonchev–Trinajstić information content (AvgIpc) is 2.36. The van der Waals surface area contributed by atoms with E-state index < -0.39 is 11.6 Å². The second kappa shape index (κ2) is 4.62. The van der Waals surface area contributed by atoms with Crippen molar-refractivity contribution in [2.45, 2.75) is 30.7 Å². The summed E-state index contributed by atoms with van der Waals surface area (Å²) in [6.07, 6.45) is -0.456. The molecular formula is C9H17BO4. The molecule has 0 bridgehead atoms. The molecule has 1 heterocycles. The van der Waals surface area contributed by atoms with Crippen molar-refractivity contribution in [1.82, 2.24) is 0 Å². The normalized spacial score (nSPS) is 43.0. The molecule has 1 aliphatic heterocycles. The first kappa shape index (κ1) is 12.0. The average molecular weight is 200 g/mol. The van der Waals surface area contributed by atoms with E-state index in [0.29, 0.717) is 6.61 Å². The van der Waals surface area contributed by atoms with Gasteiger partial charge in [-0.25, -0.2) is 0 Å². The van der Waals surface area contributed by atoms with Gasteiger partial charge in [-0.2, -0.15) is 0 Å². The van der Waals surface area contributed by atoms with Crippen LogP contribution < -0.4 is 0 Å². The van der Waals surface area contributed by atoms with Crippen LogP contribution in [0.1, 0.15) is 6.92 Å². The first-order chi connectivity index (χ1) is 6.59. The number of hydrogen-bond donors (Lipinski definition) is 0. The summed E-state index contributed by atoms with van der Waals surface area (Å²) < 4.78 is 21.3. The Hall–Kier alpha value is -0.0951. The fourth-order valence-corrected chi connectivity index (χ4v) is 2.01. The molecular weight excluding hydrogens is 183 g/mol. The highest BCUT2D eigenvalue weighted by atomic mass is 16.6. The Balaban J connectivity index is 2.78. The monoisotopic (exact) mass is 200 g/mol. The molecule has 0 N–H and O–H groups in total. The second-order valence-corrected chi connectivity index (χ2v) is 3.68. The van der Waals surface area contributed by atoms with Crippen LogP contribution in [0.2, 0.25) is 0 Å². The van der Waals surface area contributed by atoms with Crippen LogP contribution >= 0.6 is 0 Å². The van der Waals surface area contributed by atoms with Gasteiger partial charge in [0.1, 0.15) is 25.7 Å². The molecule has 0 unspecified atom stereocenters. The van der Waals surface area contributed by atoms with Gasteiger partial charge in [0.15, 0.2) is 0 Å². The van der Waals surface area contributed by atoms with E-state index in [4.69, 9.17) is 26.8 Å². The van der Waals surface area contributed by atoms with Gasteiger partial charge in [0.05, 0.1) is 6.61 Å². The van der Waals surface area contributed by atoms with Crippen molar-refractivity contribution < 1.29 is 18.9 Å². The SMILES string of the molecule is [B][C@H]1O[C@@](C)(COC)[C@H](OC)[C@@H]1OC. The zero-order valence-corrected chi connectivity index (χ0v) is 9.15. The largest absolute Gasteiger partial charge is 0.382 e. The van der Waals surface area contributed by atoms with Crippen LogP contribution in [0, 0.1) is 0 Å². The van der Waals surface area contributed by atoms with Gasteiger partial charge < -0.3 is 18.9 Å². The highest BCUT2D eigenvalue weighted by Crippen LogP contribution is 2.33. The molecule has 0 aromatic carbocycles. The van der Waals surface area contributed by atoms with E-state index in [1.54, 1.807) is 21.3 Å².